The minimum Gasteiger partial charge on any atom is -0.359 e. The summed E-state index contributed by atoms with van der Waals surface area (Å²) in [6, 6.07) is 7.86. The van der Waals surface area contributed by atoms with Crippen molar-refractivity contribution < 1.29 is 8.78 Å². The van der Waals surface area contributed by atoms with Crippen LogP contribution in [0.4, 0.5) is 14.5 Å². The number of benzene rings is 1. The van der Waals surface area contributed by atoms with Crippen LogP contribution in [0.3, 0.4) is 0 Å². The number of hydrogen-bond acceptors (Lipinski definition) is 1. The molecule has 0 unspecified atom stereocenters. The highest BCUT2D eigenvalue weighted by Gasteiger charge is 2.43. The maximum atomic E-state index is 12.7. The van der Waals surface area contributed by atoms with E-state index < -0.39 is 5.92 Å². The predicted molar refractivity (Wildman–Crippen MR) is 57.7 cm³/mol. The molecule has 0 N–H and O–H groups in total. The Labute approximate surface area is 88.7 Å². The fourth-order valence-electron chi connectivity index (χ4n) is 1.78. The maximum absolute atomic E-state index is 12.7. The zero-order valence-corrected chi connectivity index (χ0v) is 9.00. The molecule has 1 aliphatic rings. The molecule has 15 heavy (non-hydrogen) atoms. The molecule has 0 spiro atoms. The molecule has 1 aromatic rings. The third-order valence-electron chi connectivity index (χ3n) is 2.75. The maximum Gasteiger partial charge on any atom is 0.282 e. The standard InChI is InChI=1S/C12H15F2N/c1-9(2)10-4-3-5-11(6-10)15-7-12(13,14)8-15/h3-6,9H,7-8H2,1-2H3. The molecule has 3 heteroatoms. The Morgan fingerprint density at radius 1 is 1.27 bits per heavy atom. The molecular weight excluding hydrogens is 196 g/mol. The van der Waals surface area contributed by atoms with Gasteiger partial charge in [0.15, 0.2) is 0 Å². The van der Waals surface area contributed by atoms with Gasteiger partial charge in [-0.15, -0.1) is 0 Å². The Hall–Kier alpha value is -1.12. The molecule has 1 aliphatic heterocycles. The average Bonchev–Trinajstić information content (AvgIpc) is 2.14. The van der Waals surface area contributed by atoms with Gasteiger partial charge in [-0.05, 0) is 23.6 Å². The van der Waals surface area contributed by atoms with Gasteiger partial charge in [-0.25, -0.2) is 8.78 Å². The normalized spacial score (nSPS) is 19.1. The molecule has 0 aromatic heterocycles. The summed E-state index contributed by atoms with van der Waals surface area (Å²) in [5, 5.41) is 0. The monoisotopic (exact) mass is 211 g/mol. The van der Waals surface area contributed by atoms with Gasteiger partial charge in [0.05, 0.1) is 13.1 Å². The molecule has 1 nitrogen and oxygen atoms in total. The summed E-state index contributed by atoms with van der Waals surface area (Å²) < 4.78 is 25.4. The van der Waals surface area contributed by atoms with Crippen molar-refractivity contribution in [2.75, 3.05) is 18.0 Å². The average molecular weight is 211 g/mol. The lowest BCUT2D eigenvalue weighted by Crippen LogP contribution is -2.56. The van der Waals surface area contributed by atoms with Crippen molar-refractivity contribution in [2.45, 2.75) is 25.7 Å². The Morgan fingerprint density at radius 3 is 2.47 bits per heavy atom. The lowest BCUT2D eigenvalue weighted by molar-refractivity contribution is -0.0262. The Bertz CT molecular complexity index is 352. The molecule has 2 rings (SSSR count). The number of hydrogen-bond donors (Lipinski definition) is 0. The van der Waals surface area contributed by atoms with Gasteiger partial charge in [0, 0.05) is 5.69 Å². The largest absolute Gasteiger partial charge is 0.359 e. The van der Waals surface area contributed by atoms with Crippen LogP contribution in [0.5, 0.6) is 0 Å². The van der Waals surface area contributed by atoms with Gasteiger partial charge in [-0.1, -0.05) is 26.0 Å². The molecule has 1 saturated heterocycles. The lowest BCUT2D eigenvalue weighted by atomic mass is 10.0. The predicted octanol–water partition coefficient (Wildman–Crippen LogP) is 3.27. The first-order chi connectivity index (χ1) is 6.98. The van der Waals surface area contributed by atoms with E-state index in [4.69, 9.17) is 0 Å². The number of alkyl halides is 2. The van der Waals surface area contributed by atoms with Crippen LogP contribution in [0.1, 0.15) is 25.3 Å². The van der Waals surface area contributed by atoms with E-state index in [0.29, 0.717) is 5.92 Å². The van der Waals surface area contributed by atoms with Gasteiger partial charge < -0.3 is 4.90 Å². The second-order valence-electron chi connectivity index (χ2n) is 4.46. The van der Waals surface area contributed by atoms with Crippen molar-refractivity contribution >= 4 is 5.69 Å². The van der Waals surface area contributed by atoms with Crippen LogP contribution >= 0.6 is 0 Å². The van der Waals surface area contributed by atoms with E-state index in [1.165, 1.54) is 5.56 Å². The molecule has 0 aliphatic carbocycles. The van der Waals surface area contributed by atoms with E-state index >= 15 is 0 Å². The molecule has 0 amide bonds. The van der Waals surface area contributed by atoms with Gasteiger partial charge in [-0.3, -0.25) is 0 Å². The van der Waals surface area contributed by atoms with Crippen LogP contribution in [0, 0.1) is 0 Å². The highest BCUT2D eigenvalue weighted by atomic mass is 19.3. The number of halogens is 2. The highest BCUT2D eigenvalue weighted by Crippen LogP contribution is 2.32. The fraction of sp³-hybridized carbons (Fsp3) is 0.500. The molecule has 0 atom stereocenters. The van der Waals surface area contributed by atoms with Crippen molar-refractivity contribution in [2.24, 2.45) is 0 Å². The van der Waals surface area contributed by atoms with E-state index in [0.717, 1.165) is 5.69 Å². The summed E-state index contributed by atoms with van der Waals surface area (Å²) in [4.78, 5) is 1.71. The lowest BCUT2D eigenvalue weighted by Gasteiger charge is -2.40. The first-order valence-corrected chi connectivity index (χ1v) is 5.21. The van der Waals surface area contributed by atoms with Crippen molar-refractivity contribution in [3.8, 4) is 0 Å². The molecular formula is C12H15F2N. The summed E-state index contributed by atoms with van der Waals surface area (Å²) >= 11 is 0. The van der Waals surface area contributed by atoms with E-state index in [1.807, 2.05) is 24.3 Å². The van der Waals surface area contributed by atoms with Crippen molar-refractivity contribution in [3.63, 3.8) is 0 Å². The van der Waals surface area contributed by atoms with Gasteiger partial charge >= 0.3 is 0 Å². The smallest absolute Gasteiger partial charge is 0.282 e. The summed E-state index contributed by atoms with van der Waals surface area (Å²) in [6.07, 6.45) is 0. The van der Waals surface area contributed by atoms with Gasteiger partial charge in [0.1, 0.15) is 0 Å². The molecule has 82 valence electrons. The molecule has 1 aromatic carbocycles. The van der Waals surface area contributed by atoms with Crippen LogP contribution in [0.25, 0.3) is 0 Å². The second-order valence-corrected chi connectivity index (χ2v) is 4.46. The minimum atomic E-state index is -2.49. The van der Waals surface area contributed by atoms with Gasteiger partial charge in [-0.2, -0.15) is 0 Å². The number of rotatable bonds is 2. The van der Waals surface area contributed by atoms with E-state index in [-0.39, 0.29) is 13.1 Å². The van der Waals surface area contributed by atoms with E-state index in [9.17, 15) is 8.78 Å². The van der Waals surface area contributed by atoms with Crippen LogP contribution in [0.15, 0.2) is 24.3 Å². The van der Waals surface area contributed by atoms with Crippen LogP contribution in [-0.4, -0.2) is 19.0 Å². The third-order valence-corrected chi connectivity index (χ3v) is 2.75. The summed E-state index contributed by atoms with van der Waals surface area (Å²) in [6.45, 7) is 3.91. The van der Waals surface area contributed by atoms with Crippen molar-refractivity contribution in [1.29, 1.82) is 0 Å². The highest BCUT2D eigenvalue weighted by molar-refractivity contribution is 5.52. The molecule has 0 bridgehead atoms. The van der Waals surface area contributed by atoms with Gasteiger partial charge in [0.25, 0.3) is 5.92 Å². The summed E-state index contributed by atoms with van der Waals surface area (Å²) in [5.41, 5.74) is 2.11. The quantitative estimate of drug-likeness (QED) is 0.725. The Kier molecular flexibility index (Phi) is 2.41. The Balaban J connectivity index is 2.13. The van der Waals surface area contributed by atoms with Crippen LogP contribution in [-0.2, 0) is 0 Å². The summed E-state index contributed by atoms with van der Waals surface area (Å²) in [5.74, 6) is -2.06. The van der Waals surface area contributed by atoms with Crippen molar-refractivity contribution in [1.82, 2.24) is 0 Å². The summed E-state index contributed by atoms with van der Waals surface area (Å²) in [7, 11) is 0. The first-order valence-electron chi connectivity index (χ1n) is 5.21. The van der Waals surface area contributed by atoms with E-state index in [1.54, 1.807) is 4.90 Å². The Morgan fingerprint density at radius 2 is 1.93 bits per heavy atom. The van der Waals surface area contributed by atoms with Crippen LogP contribution < -0.4 is 4.90 Å². The van der Waals surface area contributed by atoms with Crippen LogP contribution in [0.2, 0.25) is 0 Å². The van der Waals surface area contributed by atoms with Crippen molar-refractivity contribution in [3.05, 3.63) is 29.8 Å². The number of nitrogens with zero attached hydrogens (tertiary/aromatic N) is 1. The topological polar surface area (TPSA) is 3.24 Å². The molecule has 0 radical (unpaired) electrons. The molecule has 1 fully saturated rings. The number of anilines is 1. The SMILES string of the molecule is CC(C)c1cccc(N2CC(F)(F)C2)c1. The molecule has 0 saturated carbocycles. The fourth-order valence-corrected chi connectivity index (χ4v) is 1.78. The molecule has 1 heterocycles. The third kappa shape index (κ3) is 2.11. The zero-order valence-electron chi connectivity index (χ0n) is 9.00. The van der Waals surface area contributed by atoms with E-state index in [2.05, 4.69) is 13.8 Å². The second kappa shape index (κ2) is 3.47. The first kappa shape index (κ1) is 10.4. The van der Waals surface area contributed by atoms with Gasteiger partial charge in [0.2, 0.25) is 0 Å². The minimum absolute atomic E-state index is 0.144. The zero-order chi connectivity index (χ0) is 11.1.